The Bertz CT molecular complexity index is 658. The van der Waals surface area contributed by atoms with Crippen LogP contribution in [0.1, 0.15) is 66.0 Å². The van der Waals surface area contributed by atoms with Crippen molar-refractivity contribution in [1.82, 2.24) is 10.1 Å². The average Bonchev–Trinajstić information content (AvgIpc) is 3.17. The van der Waals surface area contributed by atoms with Crippen LogP contribution in [0.5, 0.6) is 0 Å². The van der Waals surface area contributed by atoms with Crippen molar-refractivity contribution in [1.29, 1.82) is 0 Å². The Hall–Kier alpha value is -2.10. The summed E-state index contributed by atoms with van der Waals surface area (Å²) in [5.74, 6) is 0.557. The van der Waals surface area contributed by atoms with E-state index in [1.807, 2.05) is 18.7 Å². The number of aryl methyl sites for hydroxylation is 1. The van der Waals surface area contributed by atoms with Gasteiger partial charge in [0.05, 0.1) is 11.7 Å². The van der Waals surface area contributed by atoms with E-state index in [0.29, 0.717) is 5.76 Å². The minimum Gasteiger partial charge on any atom is -0.351 e. The zero-order chi connectivity index (χ0) is 15.7. The van der Waals surface area contributed by atoms with Gasteiger partial charge in [-0.25, -0.2) is 0 Å². The zero-order valence-electron chi connectivity index (χ0n) is 13.4. The van der Waals surface area contributed by atoms with Gasteiger partial charge in [-0.3, -0.25) is 4.79 Å². The van der Waals surface area contributed by atoms with Crippen molar-refractivity contribution < 1.29 is 9.32 Å². The van der Waals surface area contributed by atoms with Crippen molar-refractivity contribution >= 4 is 5.91 Å². The first-order valence-corrected chi connectivity index (χ1v) is 7.90. The lowest BCUT2D eigenvalue weighted by Crippen LogP contribution is -2.30. The highest BCUT2D eigenvalue weighted by Gasteiger charge is 2.32. The molecule has 3 rings (SSSR count). The minimum absolute atomic E-state index is 0.0533. The summed E-state index contributed by atoms with van der Waals surface area (Å²) in [6.07, 6.45) is 2.02. The number of aromatic nitrogens is 1. The average molecular weight is 298 g/mol. The van der Waals surface area contributed by atoms with Crippen LogP contribution in [0.3, 0.4) is 0 Å². The predicted molar refractivity (Wildman–Crippen MR) is 84.8 cm³/mol. The van der Waals surface area contributed by atoms with Crippen LogP contribution < -0.4 is 0 Å². The normalized spacial score (nSPS) is 18.2. The smallest absolute Gasteiger partial charge is 0.292 e. The molecule has 1 fully saturated rings. The first-order chi connectivity index (χ1) is 10.6. The molecule has 4 heteroatoms. The van der Waals surface area contributed by atoms with Crippen LogP contribution in [-0.2, 0) is 0 Å². The largest absolute Gasteiger partial charge is 0.351 e. The van der Waals surface area contributed by atoms with Crippen molar-refractivity contribution in [3.05, 3.63) is 52.9 Å². The second-order valence-electron chi connectivity index (χ2n) is 6.34. The third-order valence-electron chi connectivity index (χ3n) is 4.31. The number of hydrogen-bond donors (Lipinski definition) is 0. The fourth-order valence-electron chi connectivity index (χ4n) is 2.95. The summed E-state index contributed by atoms with van der Waals surface area (Å²) in [6.45, 7) is 6.92. The second kappa shape index (κ2) is 5.95. The summed E-state index contributed by atoms with van der Waals surface area (Å²) in [5, 5.41) is 4.00. The summed E-state index contributed by atoms with van der Waals surface area (Å²) in [7, 11) is 0. The van der Waals surface area contributed by atoms with Crippen molar-refractivity contribution in [2.24, 2.45) is 0 Å². The fourth-order valence-corrected chi connectivity index (χ4v) is 2.95. The van der Waals surface area contributed by atoms with E-state index < -0.39 is 0 Å². The van der Waals surface area contributed by atoms with Gasteiger partial charge in [-0.2, -0.15) is 0 Å². The maximum absolute atomic E-state index is 12.7. The number of carbonyl (C=O) groups is 1. The Labute approximate surface area is 131 Å². The van der Waals surface area contributed by atoms with E-state index in [4.69, 9.17) is 4.52 Å². The summed E-state index contributed by atoms with van der Waals surface area (Å²) in [5.41, 5.74) is 3.26. The SMILES string of the molecule is Cc1ccc([C@@H]2CCCN2C(=O)c2cc(C(C)C)no2)cc1. The van der Waals surface area contributed by atoms with Crippen LogP contribution in [0.4, 0.5) is 0 Å². The topological polar surface area (TPSA) is 46.3 Å². The van der Waals surface area contributed by atoms with E-state index >= 15 is 0 Å². The molecule has 0 spiro atoms. The summed E-state index contributed by atoms with van der Waals surface area (Å²) in [4.78, 5) is 14.6. The molecule has 1 aliphatic heterocycles. The third kappa shape index (κ3) is 2.78. The predicted octanol–water partition coefficient (Wildman–Crippen LogP) is 4.08. The molecule has 0 aliphatic carbocycles. The molecular weight excluding hydrogens is 276 g/mol. The lowest BCUT2D eigenvalue weighted by Gasteiger charge is -2.24. The molecule has 2 aromatic rings. The molecular formula is C18H22N2O2. The monoisotopic (exact) mass is 298 g/mol. The van der Waals surface area contributed by atoms with Crippen LogP contribution in [0.2, 0.25) is 0 Å². The number of benzene rings is 1. The molecule has 0 unspecified atom stereocenters. The molecule has 116 valence electrons. The molecule has 1 aromatic carbocycles. The van der Waals surface area contributed by atoms with Crippen LogP contribution in [0, 0.1) is 6.92 Å². The van der Waals surface area contributed by atoms with Crippen LogP contribution >= 0.6 is 0 Å². The molecule has 2 heterocycles. The molecule has 1 aliphatic rings. The van der Waals surface area contributed by atoms with Crippen molar-refractivity contribution in [3.8, 4) is 0 Å². The van der Waals surface area contributed by atoms with E-state index in [1.54, 1.807) is 6.07 Å². The van der Waals surface area contributed by atoms with E-state index in [2.05, 4.69) is 36.3 Å². The van der Waals surface area contributed by atoms with Gasteiger partial charge in [0.2, 0.25) is 5.76 Å². The van der Waals surface area contributed by atoms with Gasteiger partial charge in [0.1, 0.15) is 0 Å². The van der Waals surface area contributed by atoms with Crippen LogP contribution in [0.15, 0.2) is 34.9 Å². The van der Waals surface area contributed by atoms with E-state index in [0.717, 1.165) is 25.1 Å². The quantitative estimate of drug-likeness (QED) is 0.857. The van der Waals surface area contributed by atoms with Crippen molar-refractivity contribution in [2.45, 2.75) is 45.6 Å². The maximum Gasteiger partial charge on any atom is 0.292 e. The van der Waals surface area contributed by atoms with E-state index in [1.165, 1.54) is 11.1 Å². The van der Waals surface area contributed by atoms with Gasteiger partial charge in [-0.05, 0) is 31.2 Å². The Morgan fingerprint density at radius 2 is 2.05 bits per heavy atom. The van der Waals surface area contributed by atoms with Gasteiger partial charge < -0.3 is 9.42 Å². The Morgan fingerprint density at radius 3 is 2.68 bits per heavy atom. The number of amides is 1. The maximum atomic E-state index is 12.7. The van der Waals surface area contributed by atoms with E-state index in [-0.39, 0.29) is 17.9 Å². The molecule has 1 aromatic heterocycles. The van der Waals surface area contributed by atoms with Crippen LogP contribution in [-0.4, -0.2) is 22.5 Å². The van der Waals surface area contributed by atoms with Crippen molar-refractivity contribution in [3.63, 3.8) is 0 Å². The molecule has 0 radical (unpaired) electrons. The van der Waals surface area contributed by atoms with Gasteiger partial charge in [-0.15, -0.1) is 0 Å². The molecule has 0 N–H and O–H groups in total. The lowest BCUT2D eigenvalue weighted by molar-refractivity contribution is 0.0693. The van der Waals surface area contributed by atoms with E-state index in [9.17, 15) is 4.79 Å². The van der Waals surface area contributed by atoms with Gasteiger partial charge in [0, 0.05) is 12.6 Å². The number of rotatable bonds is 3. The number of nitrogens with zero attached hydrogens (tertiary/aromatic N) is 2. The third-order valence-corrected chi connectivity index (χ3v) is 4.31. The number of carbonyl (C=O) groups excluding carboxylic acids is 1. The molecule has 1 amide bonds. The highest BCUT2D eigenvalue weighted by atomic mass is 16.5. The second-order valence-corrected chi connectivity index (χ2v) is 6.34. The molecule has 4 nitrogen and oxygen atoms in total. The number of likely N-dealkylation sites (tertiary alicyclic amines) is 1. The summed E-state index contributed by atoms with van der Waals surface area (Å²) in [6, 6.07) is 10.3. The lowest BCUT2D eigenvalue weighted by atomic mass is 10.0. The molecule has 1 atom stereocenters. The standard InChI is InChI=1S/C18H22N2O2/c1-12(2)15-11-17(22-19-15)18(21)20-10-4-5-16(20)14-8-6-13(3)7-9-14/h6-9,11-12,16H,4-5,10H2,1-3H3/t16-/m0/s1. The Balaban J connectivity index is 1.82. The molecule has 1 saturated heterocycles. The highest BCUT2D eigenvalue weighted by Crippen LogP contribution is 2.33. The highest BCUT2D eigenvalue weighted by molar-refractivity contribution is 5.92. The minimum atomic E-state index is -0.0533. The Kier molecular flexibility index (Phi) is 4.01. The molecule has 22 heavy (non-hydrogen) atoms. The molecule has 0 bridgehead atoms. The van der Waals surface area contributed by atoms with Crippen molar-refractivity contribution in [2.75, 3.05) is 6.54 Å². The Morgan fingerprint density at radius 1 is 1.32 bits per heavy atom. The first-order valence-electron chi connectivity index (χ1n) is 7.90. The summed E-state index contributed by atoms with van der Waals surface area (Å²) >= 11 is 0. The van der Waals surface area contributed by atoms with Gasteiger partial charge in [0.15, 0.2) is 0 Å². The van der Waals surface area contributed by atoms with Gasteiger partial charge in [0.25, 0.3) is 5.91 Å². The van der Waals surface area contributed by atoms with Crippen LogP contribution in [0.25, 0.3) is 0 Å². The number of hydrogen-bond acceptors (Lipinski definition) is 3. The molecule has 0 saturated carbocycles. The van der Waals surface area contributed by atoms with Gasteiger partial charge in [-0.1, -0.05) is 48.8 Å². The zero-order valence-corrected chi connectivity index (χ0v) is 13.4. The van der Waals surface area contributed by atoms with Gasteiger partial charge >= 0.3 is 0 Å². The fraction of sp³-hybridized carbons (Fsp3) is 0.444. The summed E-state index contributed by atoms with van der Waals surface area (Å²) < 4.78 is 5.26. The first kappa shape index (κ1) is 14.8.